The van der Waals surface area contributed by atoms with Gasteiger partial charge in [-0.3, -0.25) is 9.36 Å². The van der Waals surface area contributed by atoms with Gasteiger partial charge >= 0.3 is 13.3 Å². The number of alkyl halides is 2. The Balaban J connectivity index is 2.72. The lowest BCUT2D eigenvalue weighted by molar-refractivity contribution is 0.0595. The molecule has 0 aliphatic rings. The number of carbonyl (C=O) groups is 1. The number of carbonyl (C=O) groups excluding carboxylic acids is 1. The van der Waals surface area contributed by atoms with Gasteiger partial charge in [-0.25, -0.2) is 0 Å². The molecule has 2 rings (SSSR count). The highest BCUT2D eigenvalue weighted by Crippen LogP contribution is 2.62. The molecule has 20 heavy (non-hydrogen) atoms. The molecule has 0 amide bonds. The van der Waals surface area contributed by atoms with Crippen molar-refractivity contribution in [1.29, 1.82) is 0 Å². The average molecular weight is 406 g/mol. The van der Waals surface area contributed by atoms with E-state index in [1.54, 1.807) is 0 Å². The highest BCUT2D eigenvalue weighted by Gasteiger charge is 2.53. The van der Waals surface area contributed by atoms with Crippen LogP contribution in [0.2, 0.25) is 0 Å². The van der Waals surface area contributed by atoms with Gasteiger partial charge in [-0.15, -0.1) is 11.3 Å². The fourth-order valence-corrected chi connectivity index (χ4v) is 4.56. The summed E-state index contributed by atoms with van der Waals surface area (Å²) in [4.78, 5) is 27.8. The Kier molecular flexibility index (Phi) is 4.10. The van der Waals surface area contributed by atoms with Crippen LogP contribution in [0, 0.1) is 0 Å². The van der Waals surface area contributed by atoms with Crippen LogP contribution in [0.3, 0.4) is 0 Å². The number of benzene rings is 1. The molecule has 0 aliphatic heterocycles. The third-order valence-electron chi connectivity index (χ3n) is 2.49. The summed E-state index contributed by atoms with van der Waals surface area (Å²) in [6.07, 6.45) is 0. The Morgan fingerprint density at radius 1 is 1.40 bits per heavy atom. The van der Waals surface area contributed by atoms with E-state index in [4.69, 9.17) is 21.4 Å². The molecule has 10 heteroatoms. The van der Waals surface area contributed by atoms with Crippen LogP contribution in [-0.2, 0) is 10.2 Å². The molecule has 0 bridgehead atoms. The normalized spacial score (nSPS) is 12.9. The van der Waals surface area contributed by atoms with Crippen LogP contribution in [-0.4, -0.2) is 15.0 Å². The van der Waals surface area contributed by atoms with Crippen molar-refractivity contribution in [2.45, 2.75) is 5.66 Å². The van der Waals surface area contributed by atoms with Gasteiger partial charge in [-0.1, -0.05) is 0 Å². The van der Waals surface area contributed by atoms with Crippen LogP contribution in [0.4, 0.5) is 8.78 Å². The van der Waals surface area contributed by atoms with E-state index in [0.29, 0.717) is 16.0 Å². The number of fused-ring (bicyclic) bond motifs is 1. The summed E-state index contributed by atoms with van der Waals surface area (Å²) in [6.45, 7) is 0. The van der Waals surface area contributed by atoms with E-state index in [9.17, 15) is 18.1 Å². The number of thiophene rings is 1. The molecule has 0 atom stereocenters. The molecule has 0 saturated heterocycles. The molecule has 1 aromatic carbocycles. The topological polar surface area (TPSA) is 74.6 Å². The van der Waals surface area contributed by atoms with Crippen molar-refractivity contribution in [2.75, 3.05) is 0 Å². The standard InChI is InChI=1S/C10H5BrClF2O4PS/c11-7-5-3-4(9(12)15)1-2-6(5)20-8(7)10(13,14)19(16,17)18/h1-3H,(H2,16,17,18). The Hall–Kier alpha value is -0.370. The SMILES string of the molecule is O=C(Cl)c1ccc2sc(C(F)(F)P(=O)(O)O)c(Br)c2c1. The fourth-order valence-electron chi connectivity index (χ4n) is 1.52. The third kappa shape index (κ3) is 2.56. The van der Waals surface area contributed by atoms with Gasteiger partial charge in [0.2, 0.25) is 0 Å². The minimum absolute atomic E-state index is 0.101. The maximum Gasteiger partial charge on any atom is 0.400 e. The maximum atomic E-state index is 13.7. The van der Waals surface area contributed by atoms with Crippen molar-refractivity contribution in [1.82, 2.24) is 0 Å². The Morgan fingerprint density at radius 2 is 2.00 bits per heavy atom. The largest absolute Gasteiger partial charge is 0.400 e. The molecule has 0 unspecified atom stereocenters. The first-order valence-corrected chi connectivity index (χ1v) is 8.51. The van der Waals surface area contributed by atoms with Crippen molar-refractivity contribution in [3.05, 3.63) is 33.1 Å². The number of halogens is 4. The maximum absolute atomic E-state index is 13.7. The van der Waals surface area contributed by atoms with Gasteiger partial charge in [0, 0.05) is 20.1 Å². The fraction of sp³-hybridized carbons (Fsp3) is 0.100. The lowest BCUT2D eigenvalue weighted by Crippen LogP contribution is -2.12. The minimum Gasteiger partial charge on any atom is -0.320 e. The predicted molar refractivity (Wildman–Crippen MR) is 75.6 cm³/mol. The average Bonchev–Trinajstić information content (AvgIpc) is 2.65. The molecule has 2 aromatic rings. The number of hydrogen-bond donors (Lipinski definition) is 2. The molecule has 0 spiro atoms. The van der Waals surface area contributed by atoms with E-state index in [1.165, 1.54) is 18.2 Å². The van der Waals surface area contributed by atoms with E-state index in [2.05, 4.69) is 15.9 Å². The van der Waals surface area contributed by atoms with Crippen LogP contribution in [0.25, 0.3) is 10.1 Å². The lowest BCUT2D eigenvalue weighted by Gasteiger charge is -2.16. The van der Waals surface area contributed by atoms with E-state index >= 15 is 0 Å². The summed E-state index contributed by atoms with van der Waals surface area (Å²) in [5.74, 6) is 0. The van der Waals surface area contributed by atoms with Crippen LogP contribution in [0.1, 0.15) is 15.2 Å². The molecule has 1 aromatic heterocycles. The first kappa shape index (κ1) is 16.0. The molecule has 108 valence electrons. The summed E-state index contributed by atoms with van der Waals surface area (Å²) in [6, 6.07) is 4.02. The van der Waals surface area contributed by atoms with Crippen molar-refractivity contribution in [2.24, 2.45) is 0 Å². The Bertz CT molecular complexity index is 757. The van der Waals surface area contributed by atoms with Gasteiger partial charge in [-0.05, 0) is 45.7 Å². The van der Waals surface area contributed by atoms with Gasteiger partial charge in [0.1, 0.15) is 4.88 Å². The Morgan fingerprint density at radius 3 is 2.50 bits per heavy atom. The predicted octanol–water partition coefficient (Wildman–Crippen LogP) is 4.27. The van der Waals surface area contributed by atoms with Gasteiger partial charge < -0.3 is 9.79 Å². The molecule has 0 radical (unpaired) electrons. The Labute approximate surface area is 128 Å². The first-order chi connectivity index (χ1) is 9.05. The molecular formula is C10H5BrClF2O4PS. The molecule has 0 saturated carbocycles. The molecule has 0 aliphatic carbocycles. The zero-order chi connectivity index (χ0) is 15.3. The van der Waals surface area contributed by atoms with Gasteiger partial charge in [0.25, 0.3) is 5.24 Å². The first-order valence-electron chi connectivity index (χ1n) is 4.91. The quantitative estimate of drug-likeness (QED) is 0.591. The van der Waals surface area contributed by atoms with Crippen molar-refractivity contribution >= 4 is 61.8 Å². The number of rotatable bonds is 3. The second-order valence-corrected chi connectivity index (χ2v) is 7.65. The van der Waals surface area contributed by atoms with Crippen molar-refractivity contribution in [3.63, 3.8) is 0 Å². The summed E-state index contributed by atoms with van der Waals surface area (Å²) in [7, 11) is -5.65. The zero-order valence-electron chi connectivity index (χ0n) is 9.31. The lowest BCUT2D eigenvalue weighted by atomic mass is 10.2. The molecule has 2 N–H and O–H groups in total. The molecular weight excluding hydrogens is 401 g/mol. The summed E-state index contributed by atoms with van der Waals surface area (Å²) in [5, 5.41) is -0.516. The third-order valence-corrected chi connectivity index (χ3v) is 6.14. The summed E-state index contributed by atoms with van der Waals surface area (Å²) < 4.78 is 38.6. The monoisotopic (exact) mass is 404 g/mol. The smallest absolute Gasteiger partial charge is 0.320 e. The van der Waals surface area contributed by atoms with Crippen LogP contribution < -0.4 is 0 Å². The second kappa shape index (κ2) is 5.12. The van der Waals surface area contributed by atoms with Crippen LogP contribution in [0.15, 0.2) is 22.7 Å². The van der Waals surface area contributed by atoms with Crippen molar-refractivity contribution in [3.8, 4) is 0 Å². The molecule has 0 fully saturated rings. The minimum atomic E-state index is -5.65. The van der Waals surface area contributed by atoms with E-state index in [-0.39, 0.29) is 15.4 Å². The van der Waals surface area contributed by atoms with E-state index in [1.807, 2.05) is 0 Å². The highest BCUT2D eigenvalue weighted by atomic mass is 79.9. The van der Waals surface area contributed by atoms with E-state index in [0.717, 1.165) is 0 Å². The van der Waals surface area contributed by atoms with Crippen LogP contribution >= 0.6 is 46.5 Å². The zero-order valence-corrected chi connectivity index (χ0v) is 13.4. The second-order valence-electron chi connectivity index (χ2n) is 3.82. The van der Waals surface area contributed by atoms with Gasteiger partial charge in [0.05, 0.1) is 0 Å². The number of hydrogen-bond acceptors (Lipinski definition) is 3. The summed E-state index contributed by atoms with van der Waals surface area (Å²) >= 11 is 8.73. The van der Waals surface area contributed by atoms with Crippen molar-refractivity contribution < 1.29 is 27.9 Å². The molecule has 4 nitrogen and oxygen atoms in total. The van der Waals surface area contributed by atoms with Gasteiger partial charge in [0.15, 0.2) is 0 Å². The highest BCUT2D eigenvalue weighted by molar-refractivity contribution is 9.10. The van der Waals surface area contributed by atoms with Crippen LogP contribution in [0.5, 0.6) is 0 Å². The summed E-state index contributed by atoms with van der Waals surface area (Å²) in [5.41, 5.74) is -4.20. The van der Waals surface area contributed by atoms with E-state index < -0.39 is 23.4 Å². The van der Waals surface area contributed by atoms with Gasteiger partial charge in [-0.2, -0.15) is 8.78 Å². The molecule has 1 heterocycles.